The van der Waals surface area contributed by atoms with Gasteiger partial charge in [-0.25, -0.2) is 8.42 Å². The molecule has 1 aromatic rings. The summed E-state index contributed by atoms with van der Waals surface area (Å²) in [5.74, 6) is -0.0901. The van der Waals surface area contributed by atoms with Crippen LogP contribution in [0.4, 0.5) is 0 Å². The number of sulfonamides is 1. The lowest BCUT2D eigenvalue weighted by Gasteiger charge is -2.26. The van der Waals surface area contributed by atoms with Crippen molar-refractivity contribution in [3.05, 3.63) is 29.8 Å². The normalized spacial score (nSPS) is 21.7. The van der Waals surface area contributed by atoms with Crippen molar-refractivity contribution in [1.82, 2.24) is 9.21 Å². The Balaban J connectivity index is 1.59. The van der Waals surface area contributed by atoms with Crippen LogP contribution in [-0.4, -0.2) is 62.9 Å². The van der Waals surface area contributed by atoms with Gasteiger partial charge in [-0.1, -0.05) is 6.42 Å². The van der Waals surface area contributed by atoms with Gasteiger partial charge in [0.15, 0.2) is 0 Å². The van der Waals surface area contributed by atoms with E-state index in [1.165, 1.54) is 6.42 Å². The summed E-state index contributed by atoms with van der Waals surface area (Å²) in [6.45, 7) is 2.61. The van der Waals surface area contributed by atoms with E-state index in [4.69, 9.17) is 4.74 Å². The number of benzene rings is 1. The van der Waals surface area contributed by atoms with Crippen molar-refractivity contribution in [2.75, 3.05) is 33.3 Å². The highest BCUT2D eigenvalue weighted by Gasteiger charge is 2.26. The minimum atomic E-state index is -3.46. The maximum Gasteiger partial charge on any atom is 0.253 e. The first-order chi connectivity index (χ1) is 13.0. The molecule has 3 rings (SSSR count). The number of nitrogens with zero attached hydrogens (tertiary/aromatic N) is 2. The zero-order valence-corrected chi connectivity index (χ0v) is 16.9. The number of hydrogen-bond acceptors (Lipinski definition) is 4. The van der Waals surface area contributed by atoms with Crippen LogP contribution < -0.4 is 0 Å². The predicted molar refractivity (Wildman–Crippen MR) is 104 cm³/mol. The van der Waals surface area contributed by atoms with Crippen LogP contribution in [-0.2, 0) is 14.8 Å². The molecule has 1 atom stereocenters. The van der Waals surface area contributed by atoms with Gasteiger partial charge in [0.2, 0.25) is 10.0 Å². The van der Waals surface area contributed by atoms with Crippen molar-refractivity contribution in [2.45, 2.75) is 55.9 Å². The average molecular weight is 395 g/mol. The van der Waals surface area contributed by atoms with Crippen LogP contribution in [0, 0.1) is 0 Å². The molecule has 1 aromatic carbocycles. The summed E-state index contributed by atoms with van der Waals surface area (Å²) >= 11 is 0. The molecule has 7 heteroatoms. The SMILES string of the molecule is CN(CCC1CCCCO1)C(=O)c1ccc(S(=O)(=O)N2CCCCC2)cc1. The topological polar surface area (TPSA) is 66.9 Å². The Morgan fingerprint density at radius 3 is 2.44 bits per heavy atom. The summed E-state index contributed by atoms with van der Waals surface area (Å²) in [7, 11) is -1.68. The number of carbonyl (C=O) groups excluding carboxylic acids is 1. The third-order valence-electron chi connectivity index (χ3n) is 5.46. The molecule has 1 amide bonds. The molecule has 0 aliphatic carbocycles. The summed E-state index contributed by atoms with van der Waals surface area (Å²) in [5.41, 5.74) is 0.514. The third-order valence-corrected chi connectivity index (χ3v) is 7.37. The molecule has 2 heterocycles. The van der Waals surface area contributed by atoms with Crippen LogP contribution in [0.3, 0.4) is 0 Å². The summed E-state index contributed by atoms with van der Waals surface area (Å²) in [4.78, 5) is 14.6. The third kappa shape index (κ3) is 5.09. The Bertz CT molecular complexity index is 721. The van der Waals surface area contributed by atoms with Gasteiger partial charge in [0.1, 0.15) is 0 Å². The van der Waals surface area contributed by atoms with Crippen LogP contribution >= 0.6 is 0 Å². The molecular weight excluding hydrogens is 364 g/mol. The summed E-state index contributed by atoms with van der Waals surface area (Å²) in [6.07, 6.45) is 7.35. The number of amides is 1. The Hall–Kier alpha value is -1.44. The molecule has 0 radical (unpaired) electrons. The first kappa shape index (κ1) is 20.3. The van der Waals surface area contributed by atoms with Crippen molar-refractivity contribution in [3.8, 4) is 0 Å². The standard InChI is InChI=1S/C20H30N2O4S/c1-21(15-12-18-7-3-6-16-26-18)20(23)17-8-10-19(11-9-17)27(24,25)22-13-4-2-5-14-22/h8-11,18H,2-7,12-16H2,1H3. The van der Waals surface area contributed by atoms with Gasteiger partial charge in [0.05, 0.1) is 11.0 Å². The monoisotopic (exact) mass is 394 g/mol. The number of ether oxygens (including phenoxy) is 1. The zero-order valence-electron chi connectivity index (χ0n) is 16.1. The lowest BCUT2D eigenvalue weighted by atomic mass is 10.1. The molecule has 2 fully saturated rings. The highest BCUT2D eigenvalue weighted by molar-refractivity contribution is 7.89. The summed E-state index contributed by atoms with van der Waals surface area (Å²) in [6, 6.07) is 6.34. The fourth-order valence-electron chi connectivity index (χ4n) is 3.72. The van der Waals surface area contributed by atoms with Crippen LogP contribution in [0.25, 0.3) is 0 Å². The molecule has 0 N–H and O–H groups in total. The van der Waals surface area contributed by atoms with Crippen molar-refractivity contribution >= 4 is 15.9 Å². The minimum Gasteiger partial charge on any atom is -0.378 e. The molecule has 0 saturated carbocycles. The lowest BCUT2D eigenvalue weighted by molar-refractivity contribution is 0.00709. The van der Waals surface area contributed by atoms with E-state index in [0.717, 1.165) is 45.1 Å². The van der Waals surface area contributed by atoms with E-state index >= 15 is 0 Å². The Morgan fingerprint density at radius 2 is 1.81 bits per heavy atom. The van der Waals surface area contributed by atoms with Gasteiger partial charge in [0.25, 0.3) is 5.91 Å². The minimum absolute atomic E-state index is 0.0901. The molecule has 6 nitrogen and oxygen atoms in total. The molecule has 1 unspecified atom stereocenters. The first-order valence-corrected chi connectivity index (χ1v) is 11.4. The van der Waals surface area contributed by atoms with Gasteiger partial charge >= 0.3 is 0 Å². The van der Waals surface area contributed by atoms with Crippen molar-refractivity contribution in [2.24, 2.45) is 0 Å². The van der Waals surface area contributed by atoms with Crippen LogP contribution in [0.5, 0.6) is 0 Å². The maximum absolute atomic E-state index is 12.7. The predicted octanol–water partition coefficient (Wildman–Crippen LogP) is 2.89. The number of rotatable bonds is 6. The van der Waals surface area contributed by atoms with E-state index < -0.39 is 10.0 Å². The Kier molecular flexibility index (Phi) is 6.89. The van der Waals surface area contributed by atoms with E-state index in [0.29, 0.717) is 25.2 Å². The van der Waals surface area contributed by atoms with Crippen LogP contribution in [0.15, 0.2) is 29.2 Å². The van der Waals surface area contributed by atoms with Crippen molar-refractivity contribution in [1.29, 1.82) is 0 Å². The molecule has 0 aromatic heterocycles. The zero-order chi connectivity index (χ0) is 19.3. The molecule has 2 aliphatic heterocycles. The lowest BCUT2D eigenvalue weighted by Crippen LogP contribution is -2.35. The van der Waals surface area contributed by atoms with Crippen LogP contribution in [0.1, 0.15) is 55.3 Å². The van der Waals surface area contributed by atoms with Gasteiger partial charge in [0, 0.05) is 38.9 Å². The maximum atomic E-state index is 12.7. The van der Waals surface area contributed by atoms with Gasteiger partial charge in [-0.2, -0.15) is 4.31 Å². The van der Waals surface area contributed by atoms with E-state index in [-0.39, 0.29) is 16.9 Å². The van der Waals surface area contributed by atoms with E-state index in [1.54, 1.807) is 40.5 Å². The van der Waals surface area contributed by atoms with E-state index in [2.05, 4.69) is 0 Å². The highest BCUT2D eigenvalue weighted by Crippen LogP contribution is 2.21. The fourth-order valence-corrected chi connectivity index (χ4v) is 5.24. The second-order valence-corrected chi connectivity index (χ2v) is 9.43. The largest absolute Gasteiger partial charge is 0.378 e. The number of carbonyl (C=O) groups is 1. The van der Waals surface area contributed by atoms with Gasteiger partial charge in [-0.15, -0.1) is 0 Å². The molecular formula is C20H30N2O4S. The Labute approximate surface area is 162 Å². The number of piperidine rings is 1. The molecule has 2 aliphatic rings. The van der Waals surface area contributed by atoms with E-state index in [1.807, 2.05) is 0 Å². The van der Waals surface area contributed by atoms with Gasteiger partial charge < -0.3 is 9.64 Å². The summed E-state index contributed by atoms with van der Waals surface area (Å²) < 4.78 is 32.7. The fraction of sp³-hybridized carbons (Fsp3) is 0.650. The Morgan fingerprint density at radius 1 is 1.11 bits per heavy atom. The molecule has 0 bridgehead atoms. The van der Waals surface area contributed by atoms with Gasteiger partial charge in [-0.3, -0.25) is 4.79 Å². The average Bonchev–Trinajstić information content (AvgIpc) is 2.73. The molecule has 0 spiro atoms. The molecule has 27 heavy (non-hydrogen) atoms. The molecule has 150 valence electrons. The summed E-state index contributed by atoms with van der Waals surface area (Å²) in [5, 5.41) is 0. The quantitative estimate of drug-likeness (QED) is 0.744. The second kappa shape index (κ2) is 9.17. The van der Waals surface area contributed by atoms with Crippen molar-refractivity contribution < 1.29 is 17.9 Å². The van der Waals surface area contributed by atoms with E-state index in [9.17, 15) is 13.2 Å². The van der Waals surface area contributed by atoms with Gasteiger partial charge in [-0.05, 0) is 62.8 Å². The smallest absolute Gasteiger partial charge is 0.253 e. The number of hydrogen-bond donors (Lipinski definition) is 0. The van der Waals surface area contributed by atoms with Crippen LogP contribution in [0.2, 0.25) is 0 Å². The second-order valence-electron chi connectivity index (χ2n) is 7.49. The molecule has 2 saturated heterocycles. The first-order valence-electron chi connectivity index (χ1n) is 9.96. The van der Waals surface area contributed by atoms with Crippen molar-refractivity contribution in [3.63, 3.8) is 0 Å². The highest BCUT2D eigenvalue weighted by atomic mass is 32.2.